The lowest BCUT2D eigenvalue weighted by Gasteiger charge is -2.17. The van der Waals surface area contributed by atoms with Gasteiger partial charge in [-0.2, -0.15) is 0 Å². The second-order valence-electron chi connectivity index (χ2n) is 4.01. The van der Waals surface area contributed by atoms with Crippen LogP contribution in [-0.2, 0) is 14.4 Å². The van der Waals surface area contributed by atoms with Crippen molar-refractivity contribution in [2.45, 2.75) is 6.42 Å². The predicted molar refractivity (Wildman–Crippen MR) is 53.3 cm³/mol. The summed E-state index contributed by atoms with van der Waals surface area (Å²) in [6.45, 7) is 3.16. The van der Waals surface area contributed by atoms with Gasteiger partial charge in [0.1, 0.15) is 0 Å². The van der Waals surface area contributed by atoms with E-state index in [0.29, 0.717) is 0 Å². The van der Waals surface area contributed by atoms with Crippen LogP contribution in [0.4, 0.5) is 0 Å². The molecule has 7 nitrogen and oxygen atoms in total. The monoisotopic (exact) mass is 244 g/mol. The molecule has 0 spiro atoms. The molecule has 0 aromatic rings. The lowest BCUT2D eigenvalue weighted by molar-refractivity contribution is -0.158. The van der Waals surface area contributed by atoms with Gasteiger partial charge in [-0.15, -0.1) is 0 Å². The van der Waals surface area contributed by atoms with Crippen LogP contribution in [0.3, 0.4) is 0 Å². The fraction of sp³-hybridized carbons (Fsp3) is 0.500. The SMILES string of the molecule is C=C(O)C1CC(C(=O)O)C(C(=O)O)C1C(=O)O. The minimum Gasteiger partial charge on any atom is -0.513 e. The van der Waals surface area contributed by atoms with E-state index >= 15 is 0 Å². The average Bonchev–Trinajstić information content (AvgIpc) is 2.56. The Morgan fingerprint density at radius 2 is 1.24 bits per heavy atom. The Bertz CT molecular complexity index is 350. The van der Waals surface area contributed by atoms with Crippen molar-refractivity contribution in [3.8, 4) is 0 Å². The van der Waals surface area contributed by atoms with Gasteiger partial charge < -0.3 is 20.4 Å². The summed E-state index contributed by atoms with van der Waals surface area (Å²) in [7, 11) is 0. The summed E-state index contributed by atoms with van der Waals surface area (Å²) in [5.74, 6) is -10.2. The Kier molecular flexibility index (Phi) is 3.40. The van der Waals surface area contributed by atoms with Crippen molar-refractivity contribution >= 4 is 17.9 Å². The van der Waals surface area contributed by atoms with Gasteiger partial charge in [0, 0.05) is 5.92 Å². The molecule has 1 saturated carbocycles. The van der Waals surface area contributed by atoms with Gasteiger partial charge in [-0.05, 0) is 6.42 Å². The maximum absolute atomic E-state index is 11.0. The lowest BCUT2D eigenvalue weighted by atomic mass is 9.86. The highest BCUT2D eigenvalue weighted by Gasteiger charge is 2.54. The zero-order chi connectivity index (χ0) is 13.3. The van der Waals surface area contributed by atoms with Gasteiger partial charge in [-0.25, -0.2) is 0 Å². The maximum Gasteiger partial charge on any atom is 0.308 e. The van der Waals surface area contributed by atoms with Crippen LogP contribution in [0.15, 0.2) is 12.3 Å². The van der Waals surface area contributed by atoms with Gasteiger partial charge in [-0.3, -0.25) is 14.4 Å². The van der Waals surface area contributed by atoms with E-state index in [-0.39, 0.29) is 6.42 Å². The molecular weight excluding hydrogens is 232 g/mol. The summed E-state index contributed by atoms with van der Waals surface area (Å²) in [6.07, 6.45) is -0.237. The van der Waals surface area contributed by atoms with Gasteiger partial charge in [0.25, 0.3) is 0 Å². The number of rotatable bonds is 4. The lowest BCUT2D eigenvalue weighted by Crippen LogP contribution is -2.34. The molecule has 0 saturated heterocycles. The Labute approximate surface area is 96.0 Å². The van der Waals surface area contributed by atoms with Gasteiger partial charge >= 0.3 is 17.9 Å². The molecule has 0 amide bonds. The number of carboxylic acid groups (broad SMARTS) is 3. The van der Waals surface area contributed by atoms with Crippen LogP contribution < -0.4 is 0 Å². The van der Waals surface area contributed by atoms with Crippen LogP contribution in [0.1, 0.15) is 6.42 Å². The van der Waals surface area contributed by atoms with E-state index in [1.54, 1.807) is 0 Å². The van der Waals surface area contributed by atoms with Gasteiger partial charge in [0.2, 0.25) is 0 Å². The van der Waals surface area contributed by atoms with Gasteiger partial charge in [0.15, 0.2) is 0 Å². The van der Waals surface area contributed by atoms with E-state index in [2.05, 4.69) is 6.58 Å². The summed E-state index contributed by atoms with van der Waals surface area (Å²) in [6, 6.07) is 0. The molecule has 7 heteroatoms. The summed E-state index contributed by atoms with van der Waals surface area (Å²) >= 11 is 0. The summed E-state index contributed by atoms with van der Waals surface area (Å²) < 4.78 is 0. The van der Waals surface area contributed by atoms with Crippen molar-refractivity contribution in [1.29, 1.82) is 0 Å². The van der Waals surface area contributed by atoms with E-state index in [0.717, 1.165) is 0 Å². The Balaban J connectivity index is 3.17. The van der Waals surface area contributed by atoms with Gasteiger partial charge in [0.05, 0.1) is 23.5 Å². The van der Waals surface area contributed by atoms with E-state index in [1.165, 1.54) is 0 Å². The molecule has 4 N–H and O–H groups in total. The highest BCUT2D eigenvalue weighted by Crippen LogP contribution is 2.44. The molecule has 17 heavy (non-hydrogen) atoms. The number of aliphatic hydroxyl groups is 1. The highest BCUT2D eigenvalue weighted by atomic mass is 16.4. The molecule has 4 atom stereocenters. The maximum atomic E-state index is 11.0. The summed E-state index contributed by atoms with van der Waals surface area (Å²) in [5.41, 5.74) is 0. The molecule has 0 radical (unpaired) electrons. The van der Waals surface area contributed by atoms with Crippen molar-refractivity contribution in [2.24, 2.45) is 23.7 Å². The van der Waals surface area contributed by atoms with Crippen LogP contribution in [-0.4, -0.2) is 38.3 Å². The molecule has 0 heterocycles. The van der Waals surface area contributed by atoms with Gasteiger partial charge in [-0.1, -0.05) is 6.58 Å². The second kappa shape index (κ2) is 4.44. The van der Waals surface area contributed by atoms with Crippen LogP contribution >= 0.6 is 0 Å². The van der Waals surface area contributed by atoms with E-state index in [1.807, 2.05) is 0 Å². The minimum atomic E-state index is -1.56. The average molecular weight is 244 g/mol. The Hall–Kier alpha value is -2.05. The fourth-order valence-corrected chi connectivity index (χ4v) is 2.32. The molecule has 0 aromatic carbocycles. The number of aliphatic carboxylic acids is 3. The van der Waals surface area contributed by atoms with Crippen molar-refractivity contribution in [3.05, 3.63) is 12.3 Å². The van der Waals surface area contributed by atoms with E-state index in [4.69, 9.17) is 15.3 Å². The van der Waals surface area contributed by atoms with Crippen molar-refractivity contribution < 1.29 is 34.8 Å². The summed E-state index contributed by atoms with van der Waals surface area (Å²) in [4.78, 5) is 32.8. The zero-order valence-electron chi connectivity index (χ0n) is 8.74. The number of allylic oxidation sites excluding steroid dienone is 1. The first-order valence-electron chi connectivity index (χ1n) is 4.83. The number of hydrogen-bond acceptors (Lipinski definition) is 4. The smallest absolute Gasteiger partial charge is 0.308 e. The first-order valence-corrected chi connectivity index (χ1v) is 4.83. The first-order chi connectivity index (χ1) is 7.77. The molecule has 4 unspecified atom stereocenters. The van der Waals surface area contributed by atoms with E-state index < -0.39 is 47.3 Å². The predicted octanol–water partition coefficient (Wildman–Crippen LogP) is 0.180. The Morgan fingerprint density at radius 3 is 1.53 bits per heavy atom. The number of carbonyl (C=O) groups is 3. The molecule has 1 aliphatic rings. The third-order valence-electron chi connectivity index (χ3n) is 3.08. The van der Waals surface area contributed by atoms with Crippen molar-refractivity contribution in [2.75, 3.05) is 0 Å². The molecule has 1 aliphatic carbocycles. The van der Waals surface area contributed by atoms with Crippen molar-refractivity contribution in [1.82, 2.24) is 0 Å². The molecule has 0 aliphatic heterocycles. The molecule has 0 aromatic heterocycles. The second-order valence-corrected chi connectivity index (χ2v) is 4.01. The minimum absolute atomic E-state index is 0.237. The molecule has 94 valence electrons. The highest BCUT2D eigenvalue weighted by molar-refractivity contribution is 5.87. The summed E-state index contributed by atoms with van der Waals surface area (Å²) in [5, 5.41) is 35.9. The molecule has 1 fully saturated rings. The normalized spacial score (nSPS) is 32.0. The number of aliphatic hydroxyl groups excluding tert-OH is 1. The third kappa shape index (κ3) is 2.22. The number of carboxylic acids is 3. The largest absolute Gasteiger partial charge is 0.513 e. The van der Waals surface area contributed by atoms with Crippen LogP contribution in [0, 0.1) is 23.7 Å². The van der Waals surface area contributed by atoms with Crippen LogP contribution in [0.5, 0.6) is 0 Å². The first kappa shape index (κ1) is 13.0. The number of hydrogen-bond donors (Lipinski definition) is 4. The van der Waals surface area contributed by atoms with E-state index in [9.17, 15) is 19.5 Å². The fourth-order valence-electron chi connectivity index (χ4n) is 2.32. The zero-order valence-corrected chi connectivity index (χ0v) is 8.74. The topological polar surface area (TPSA) is 132 Å². The molecule has 1 rings (SSSR count). The molecular formula is C10H12O7. The van der Waals surface area contributed by atoms with Crippen LogP contribution in [0.25, 0.3) is 0 Å². The third-order valence-corrected chi connectivity index (χ3v) is 3.08. The van der Waals surface area contributed by atoms with Crippen LogP contribution in [0.2, 0.25) is 0 Å². The standard InChI is InChI=1S/C10H12O7/c1-3(11)4-2-5(8(12)13)7(10(16)17)6(4)9(14)15/h4-7,11H,1-2H2,(H,12,13)(H,14,15)(H,16,17). The quantitative estimate of drug-likeness (QED) is 0.518. The Morgan fingerprint density at radius 1 is 0.824 bits per heavy atom. The molecule has 0 bridgehead atoms. The van der Waals surface area contributed by atoms with Crippen molar-refractivity contribution in [3.63, 3.8) is 0 Å².